The Kier molecular flexibility index (Phi) is 7.06. The number of para-hydroxylation sites is 1. The zero-order valence-corrected chi connectivity index (χ0v) is 22.2. The number of hydrogen-bond acceptors (Lipinski definition) is 7. The van der Waals surface area contributed by atoms with Crippen molar-refractivity contribution < 1.29 is 37.1 Å². The second-order valence-corrected chi connectivity index (χ2v) is 10.6. The molecular weight excluding hydrogens is 539 g/mol. The lowest BCUT2D eigenvalue weighted by Gasteiger charge is -2.26. The fourth-order valence-electron chi connectivity index (χ4n) is 5.47. The third-order valence-electron chi connectivity index (χ3n) is 7.79. The molecule has 0 aliphatic heterocycles. The van der Waals surface area contributed by atoms with E-state index in [0.717, 1.165) is 43.3 Å². The van der Waals surface area contributed by atoms with E-state index in [0.29, 0.717) is 22.5 Å². The van der Waals surface area contributed by atoms with Gasteiger partial charge in [-0.3, -0.25) is 0 Å². The van der Waals surface area contributed by atoms with Crippen molar-refractivity contribution in [1.82, 2.24) is 10.1 Å². The summed E-state index contributed by atoms with van der Waals surface area (Å²) in [5, 5.41) is 14.1. The molecule has 2 fully saturated rings. The molecule has 8 nitrogen and oxygen atoms in total. The highest BCUT2D eigenvalue weighted by atomic mass is 19.4. The molecule has 0 bridgehead atoms. The van der Waals surface area contributed by atoms with Crippen molar-refractivity contribution >= 4 is 22.7 Å². The normalized spacial score (nSPS) is 19.0. The molecule has 0 saturated heterocycles. The fraction of sp³-hybridized carbons (Fsp3) is 0.367. The van der Waals surface area contributed by atoms with E-state index in [9.17, 15) is 23.1 Å². The molecule has 6 rings (SSSR count). The summed E-state index contributed by atoms with van der Waals surface area (Å²) in [6.45, 7) is 0.173. The third kappa shape index (κ3) is 5.85. The minimum Gasteiger partial charge on any atom is -0.478 e. The second kappa shape index (κ2) is 10.7. The Bertz CT molecular complexity index is 1580. The molecule has 2 aliphatic rings. The first-order valence-corrected chi connectivity index (χ1v) is 13.5. The van der Waals surface area contributed by atoms with Gasteiger partial charge in [0.1, 0.15) is 23.0 Å². The first kappa shape index (κ1) is 27.1. The van der Waals surface area contributed by atoms with Gasteiger partial charge in [-0.1, -0.05) is 17.3 Å². The number of aromatic carboxylic acids is 1. The van der Waals surface area contributed by atoms with Crippen LogP contribution in [-0.4, -0.2) is 46.8 Å². The van der Waals surface area contributed by atoms with Crippen LogP contribution in [0, 0.1) is 0 Å². The maximum absolute atomic E-state index is 13.1. The molecule has 2 atom stereocenters. The van der Waals surface area contributed by atoms with Crippen molar-refractivity contribution in [2.45, 2.75) is 63.1 Å². The Balaban J connectivity index is 1.16. The van der Waals surface area contributed by atoms with Crippen LogP contribution in [0.2, 0.25) is 0 Å². The standard InChI is InChI=1S/C30H28F3N3O5/c1-36(26-13-9-18-14-19(29(37)38)8-12-24(18)34-26)20-10-11-21(15-20)39-16-23-27(35-41-28(23)17-6-7-17)22-4-2-3-5-25(22)40-30(31,32)33/h2-5,8-9,12-14,17,20-21H,6-7,10-11,15-16H2,1H3,(H,37,38)/t20-,21+/m1/s1. The number of ether oxygens (including phenoxy) is 2. The van der Waals surface area contributed by atoms with E-state index in [1.165, 1.54) is 12.1 Å². The summed E-state index contributed by atoms with van der Waals surface area (Å²) in [5.74, 6) is 0.330. The summed E-state index contributed by atoms with van der Waals surface area (Å²) < 4.78 is 55.4. The molecule has 0 amide bonds. The van der Waals surface area contributed by atoms with Gasteiger partial charge in [-0.05, 0) is 74.6 Å². The molecule has 2 aromatic heterocycles. The smallest absolute Gasteiger partial charge is 0.478 e. The SMILES string of the molecule is CN(c1ccc2cc(C(=O)O)ccc2n1)[C@@H]1CC[C@H](OCc2c(-c3ccccc3OC(F)(F)F)noc2C2CC2)C1. The van der Waals surface area contributed by atoms with E-state index in [-0.39, 0.29) is 41.5 Å². The molecule has 41 heavy (non-hydrogen) atoms. The predicted octanol–water partition coefficient (Wildman–Crippen LogP) is 6.94. The molecular formula is C30H28F3N3O5. The molecule has 2 heterocycles. The molecule has 1 N–H and O–H groups in total. The number of nitrogens with zero attached hydrogens (tertiary/aromatic N) is 3. The first-order chi connectivity index (χ1) is 19.7. The summed E-state index contributed by atoms with van der Waals surface area (Å²) in [7, 11) is 1.98. The van der Waals surface area contributed by atoms with Gasteiger partial charge < -0.3 is 24.0 Å². The number of alkyl halides is 3. The fourth-order valence-corrected chi connectivity index (χ4v) is 5.47. The Morgan fingerprint density at radius 3 is 2.66 bits per heavy atom. The number of hydrogen-bond donors (Lipinski definition) is 1. The van der Waals surface area contributed by atoms with Gasteiger partial charge >= 0.3 is 12.3 Å². The van der Waals surface area contributed by atoms with Crippen molar-refractivity contribution in [2.75, 3.05) is 11.9 Å². The van der Waals surface area contributed by atoms with Crippen molar-refractivity contribution in [3.63, 3.8) is 0 Å². The molecule has 0 radical (unpaired) electrons. The Morgan fingerprint density at radius 2 is 1.90 bits per heavy atom. The summed E-state index contributed by atoms with van der Waals surface area (Å²) in [4.78, 5) is 18.1. The number of fused-ring (bicyclic) bond motifs is 1. The highest BCUT2D eigenvalue weighted by Crippen LogP contribution is 2.46. The Labute approximate surface area is 233 Å². The van der Waals surface area contributed by atoms with Crippen LogP contribution in [-0.2, 0) is 11.3 Å². The average Bonchev–Trinajstić information content (AvgIpc) is 3.52. The molecule has 0 unspecified atom stereocenters. The van der Waals surface area contributed by atoms with Gasteiger partial charge in [-0.2, -0.15) is 0 Å². The lowest BCUT2D eigenvalue weighted by atomic mass is 10.0. The number of pyridine rings is 1. The maximum atomic E-state index is 13.1. The highest BCUT2D eigenvalue weighted by molar-refractivity contribution is 5.93. The van der Waals surface area contributed by atoms with E-state index in [4.69, 9.17) is 14.2 Å². The van der Waals surface area contributed by atoms with Gasteiger partial charge in [0, 0.05) is 35.5 Å². The molecule has 2 aromatic carbocycles. The topological polar surface area (TPSA) is 97.9 Å². The number of rotatable bonds is 9. The van der Waals surface area contributed by atoms with Crippen molar-refractivity contribution in [2.24, 2.45) is 0 Å². The zero-order valence-electron chi connectivity index (χ0n) is 22.2. The Hall–Kier alpha value is -4.12. The number of carbonyl (C=O) groups is 1. The van der Waals surface area contributed by atoms with Crippen molar-refractivity contribution in [1.29, 1.82) is 0 Å². The maximum Gasteiger partial charge on any atom is 0.573 e. The average molecular weight is 568 g/mol. The van der Waals surface area contributed by atoms with E-state index < -0.39 is 12.3 Å². The minimum atomic E-state index is -4.83. The van der Waals surface area contributed by atoms with Crippen LogP contribution >= 0.6 is 0 Å². The molecule has 4 aromatic rings. The summed E-state index contributed by atoms with van der Waals surface area (Å²) in [6, 6.07) is 14.7. The van der Waals surface area contributed by atoms with Crippen LogP contribution in [0.1, 0.15) is 59.7 Å². The lowest BCUT2D eigenvalue weighted by Crippen LogP contribution is -2.30. The highest BCUT2D eigenvalue weighted by Gasteiger charge is 2.36. The van der Waals surface area contributed by atoms with E-state index in [1.54, 1.807) is 30.3 Å². The van der Waals surface area contributed by atoms with Gasteiger partial charge in [0.05, 0.1) is 23.8 Å². The number of halogens is 3. The summed E-state index contributed by atoms with van der Waals surface area (Å²) in [6.07, 6.45) is -0.560. The first-order valence-electron chi connectivity index (χ1n) is 13.5. The van der Waals surface area contributed by atoms with Crippen LogP contribution in [0.15, 0.2) is 59.1 Å². The monoisotopic (exact) mass is 567 g/mol. The number of carboxylic acid groups (broad SMARTS) is 1. The van der Waals surface area contributed by atoms with Gasteiger partial charge in [-0.15, -0.1) is 13.2 Å². The quantitative estimate of drug-likeness (QED) is 0.232. The van der Waals surface area contributed by atoms with Gasteiger partial charge in [0.25, 0.3) is 0 Å². The molecule has 0 spiro atoms. The minimum absolute atomic E-state index is 0.0579. The van der Waals surface area contributed by atoms with Crippen molar-refractivity contribution in [3.8, 4) is 17.0 Å². The number of anilines is 1. The van der Waals surface area contributed by atoms with Crippen LogP contribution in [0.4, 0.5) is 19.0 Å². The number of aromatic nitrogens is 2. The molecule has 2 saturated carbocycles. The van der Waals surface area contributed by atoms with E-state index >= 15 is 0 Å². The largest absolute Gasteiger partial charge is 0.573 e. The summed E-state index contributed by atoms with van der Waals surface area (Å²) >= 11 is 0. The van der Waals surface area contributed by atoms with E-state index in [1.807, 2.05) is 19.2 Å². The zero-order chi connectivity index (χ0) is 28.7. The summed E-state index contributed by atoms with van der Waals surface area (Å²) in [5.41, 5.74) is 2.12. The predicted molar refractivity (Wildman–Crippen MR) is 144 cm³/mol. The second-order valence-electron chi connectivity index (χ2n) is 10.6. The number of benzene rings is 2. The molecule has 214 valence electrons. The third-order valence-corrected chi connectivity index (χ3v) is 7.79. The van der Waals surface area contributed by atoms with Crippen molar-refractivity contribution in [3.05, 3.63) is 71.5 Å². The van der Waals surface area contributed by atoms with Crippen LogP contribution in [0.3, 0.4) is 0 Å². The van der Waals surface area contributed by atoms with Gasteiger partial charge in [0.15, 0.2) is 0 Å². The molecule has 2 aliphatic carbocycles. The van der Waals surface area contributed by atoms with Crippen LogP contribution < -0.4 is 9.64 Å². The van der Waals surface area contributed by atoms with Gasteiger partial charge in [0.2, 0.25) is 0 Å². The Morgan fingerprint density at radius 1 is 1.10 bits per heavy atom. The molecule has 11 heteroatoms. The van der Waals surface area contributed by atoms with Crippen LogP contribution in [0.5, 0.6) is 5.75 Å². The van der Waals surface area contributed by atoms with Crippen LogP contribution in [0.25, 0.3) is 22.2 Å². The lowest BCUT2D eigenvalue weighted by molar-refractivity contribution is -0.274. The number of carboxylic acids is 1. The van der Waals surface area contributed by atoms with Gasteiger partial charge in [-0.25, -0.2) is 9.78 Å². The van der Waals surface area contributed by atoms with E-state index in [2.05, 4.69) is 14.8 Å².